The van der Waals surface area contributed by atoms with E-state index in [1.54, 1.807) is 7.11 Å². The Morgan fingerprint density at radius 2 is 1.85 bits per heavy atom. The van der Waals surface area contributed by atoms with Crippen molar-refractivity contribution in [3.05, 3.63) is 42.5 Å². The zero-order valence-corrected chi connectivity index (χ0v) is 11.2. The number of hydrogen-bond acceptors (Lipinski definition) is 4. The number of methoxy groups -OCH3 is 1. The zero-order valence-electron chi connectivity index (χ0n) is 11.2. The Labute approximate surface area is 117 Å². The van der Waals surface area contributed by atoms with Crippen LogP contribution in [-0.4, -0.2) is 31.5 Å². The summed E-state index contributed by atoms with van der Waals surface area (Å²) in [6.45, 7) is 0.331. The molecule has 1 aliphatic heterocycles. The summed E-state index contributed by atoms with van der Waals surface area (Å²) in [7, 11) is 1.65. The van der Waals surface area contributed by atoms with Crippen molar-refractivity contribution in [2.24, 2.45) is 0 Å². The molecule has 1 N–H and O–H groups in total. The average Bonchev–Trinajstić information content (AvgIpc) is 2.54. The minimum Gasteiger partial charge on any atom is -0.497 e. The quantitative estimate of drug-likeness (QED) is 0.932. The Kier molecular flexibility index (Phi) is 3.48. The molecule has 1 aliphatic rings. The van der Waals surface area contributed by atoms with Crippen LogP contribution in [0.4, 0.5) is 0 Å². The molecule has 2 aromatic carbocycles. The van der Waals surface area contributed by atoms with Crippen LogP contribution < -0.4 is 14.2 Å². The van der Waals surface area contributed by atoms with Gasteiger partial charge in [0.1, 0.15) is 12.4 Å². The maximum Gasteiger partial charge on any atom is 0.162 e. The topological polar surface area (TPSA) is 47.9 Å². The third kappa shape index (κ3) is 2.42. The molecule has 3 rings (SSSR count). The predicted octanol–water partition coefficient (Wildman–Crippen LogP) is 2.49. The van der Waals surface area contributed by atoms with Crippen molar-refractivity contribution in [3.63, 3.8) is 0 Å². The molecule has 20 heavy (non-hydrogen) atoms. The summed E-state index contributed by atoms with van der Waals surface area (Å²) in [6.07, 6.45) is -0.298. The molecular formula is C16H16O4. The van der Waals surface area contributed by atoms with Gasteiger partial charge in [-0.25, -0.2) is 0 Å². The zero-order chi connectivity index (χ0) is 13.9. The van der Waals surface area contributed by atoms with Gasteiger partial charge in [0.25, 0.3) is 0 Å². The lowest BCUT2D eigenvalue weighted by atomic mass is 10.0. The van der Waals surface area contributed by atoms with Gasteiger partial charge in [-0.05, 0) is 35.4 Å². The molecule has 0 aliphatic carbocycles. The van der Waals surface area contributed by atoms with Gasteiger partial charge < -0.3 is 19.3 Å². The normalized spacial score (nSPS) is 16.8. The molecule has 0 amide bonds. The van der Waals surface area contributed by atoms with Crippen LogP contribution in [0.15, 0.2) is 42.5 Å². The Bertz CT molecular complexity index is 592. The van der Waals surface area contributed by atoms with Crippen LogP contribution in [0, 0.1) is 0 Å². The van der Waals surface area contributed by atoms with E-state index in [-0.39, 0.29) is 12.7 Å². The molecule has 0 aromatic heterocycles. The number of fused-ring (bicyclic) bond motifs is 1. The van der Waals surface area contributed by atoms with E-state index in [0.717, 1.165) is 16.9 Å². The second-order valence-electron chi connectivity index (χ2n) is 4.62. The first-order valence-corrected chi connectivity index (χ1v) is 6.49. The Balaban J connectivity index is 1.91. The molecule has 0 bridgehead atoms. The molecular weight excluding hydrogens is 256 g/mol. The minimum absolute atomic E-state index is 0.0494. The molecule has 0 saturated heterocycles. The van der Waals surface area contributed by atoms with Crippen LogP contribution in [0.3, 0.4) is 0 Å². The number of aliphatic hydroxyl groups excluding tert-OH is 1. The van der Waals surface area contributed by atoms with Crippen LogP contribution in [0.1, 0.15) is 0 Å². The summed E-state index contributed by atoms with van der Waals surface area (Å²) >= 11 is 0. The summed E-state index contributed by atoms with van der Waals surface area (Å²) in [4.78, 5) is 0. The maximum absolute atomic E-state index is 9.14. The van der Waals surface area contributed by atoms with E-state index >= 15 is 0 Å². The molecule has 0 unspecified atom stereocenters. The molecule has 0 spiro atoms. The van der Waals surface area contributed by atoms with Gasteiger partial charge in [-0.1, -0.05) is 18.2 Å². The van der Waals surface area contributed by atoms with Crippen molar-refractivity contribution in [2.45, 2.75) is 6.10 Å². The van der Waals surface area contributed by atoms with Crippen molar-refractivity contribution in [3.8, 4) is 28.4 Å². The third-order valence-corrected chi connectivity index (χ3v) is 3.29. The Morgan fingerprint density at radius 1 is 1.10 bits per heavy atom. The number of aliphatic hydroxyl groups is 1. The number of hydrogen-bond donors (Lipinski definition) is 1. The highest BCUT2D eigenvalue weighted by Gasteiger charge is 2.20. The van der Waals surface area contributed by atoms with Gasteiger partial charge in [0.05, 0.1) is 13.7 Å². The summed E-state index contributed by atoms with van der Waals surface area (Å²) in [5, 5.41) is 9.14. The first kappa shape index (κ1) is 12.8. The predicted molar refractivity (Wildman–Crippen MR) is 75.4 cm³/mol. The van der Waals surface area contributed by atoms with Crippen LogP contribution in [0.5, 0.6) is 17.2 Å². The van der Waals surface area contributed by atoms with Crippen LogP contribution >= 0.6 is 0 Å². The van der Waals surface area contributed by atoms with Crippen molar-refractivity contribution in [2.75, 3.05) is 20.3 Å². The lowest BCUT2D eigenvalue weighted by Gasteiger charge is -2.25. The van der Waals surface area contributed by atoms with Gasteiger partial charge in [0.2, 0.25) is 0 Å². The summed E-state index contributed by atoms with van der Waals surface area (Å²) in [5.74, 6) is 2.21. The van der Waals surface area contributed by atoms with E-state index in [1.165, 1.54) is 0 Å². The molecule has 0 radical (unpaired) electrons. The van der Waals surface area contributed by atoms with Crippen LogP contribution in [0.25, 0.3) is 11.1 Å². The standard InChI is InChI=1S/C16H16O4/c1-18-13-5-2-11(3-6-13)12-4-7-15-16(8-12)20-14(9-17)10-19-15/h2-8,14,17H,9-10H2,1H3/t14-/m0/s1. The lowest BCUT2D eigenvalue weighted by Crippen LogP contribution is -2.32. The van der Waals surface area contributed by atoms with E-state index in [9.17, 15) is 0 Å². The molecule has 4 heteroatoms. The van der Waals surface area contributed by atoms with Crippen LogP contribution in [0.2, 0.25) is 0 Å². The second kappa shape index (κ2) is 5.43. The molecule has 104 valence electrons. The maximum atomic E-state index is 9.14. The average molecular weight is 272 g/mol. The van der Waals surface area contributed by atoms with E-state index in [0.29, 0.717) is 18.1 Å². The summed E-state index contributed by atoms with van der Waals surface area (Å²) in [5.41, 5.74) is 2.11. The van der Waals surface area contributed by atoms with E-state index in [4.69, 9.17) is 19.3 Å². The van der Waals surface area contributed by atoms with Crippen molar-refractivity contribution >= 4 is 0 Å². The van der Waals surface area contributed by atoms with Crippen LogP contribution in [-0.2, 0) is 0 Å². The fourth-order valence-corrected chi connectivity index (χ4v) is 2.17. The molecule has 1 heterocycles. The molecule has 1 atom stereocenters. The highest BCUT2D eigenvalue weighted by molar-refractivity contribution is 5.68. The minimum atomic E-state index is -0.298. The summed E-state index contributed by atoms with van der Waals surface area (Å²) in [6, 6.07) is 13.6. The third-order valence-electron chi connectivity index (χ3n) is 3.29. The SMILES string of the molecule is COc1ccc(-c2ccc3c(c2)O[C@@H](CO)CO3)cc1. The number of ether oxygens (including phenoxy) is 3. The van der Waals surface area contributed by atoms with E-state index < -0.39 is 0 Å². The Morgan fingerprint density at radius 3 is 2.55 bits per heavy atom. The smallest absolute Gasteiger partial charge is 0.162 e. The van der Waals surface area contributed by atoms with E-state index in [1.807, 2.05) is 42.5 Å². The fraction of sp³-hybridized carbons (Fsp3) is 0.250. The van der Waals surface area contributed by atoms with Gasteiger partial charge in [0, 0.05) is 0 Å². The van der Waals surface area contributed by atoms with E-state index in [2.05, 4.69) is 0 Å². The van der Waals surface area contributed by atoms with Crippen molar-refractivity contribution in [1.29, 1.82) is 0 Å². The monoisotopic (exact) mass is 272 g/mol. The van der Waals surface area contributed by atoms with Gasteiger partial charge >= 0.3 is 0 Å². The van der Waals surface area contributed by atoms with Gasteiger partial charge in [0.15, 0.2) is 17.6 Å². The Hall–Kier alpha value is -2.20. The highest BCUT2D eigenvalue weighted by Crippen LogP contribution is 2.36. The molecule has 4 nitrogen and oxygen atoms in total. The lowest BCUT2D eigenvalue weighted by molar-refractivity contribution is 0.0457. The highest BCUT2D eigenvalue weighted by atomic mass is 16.6. The first-order valence-electron chi connectivity index (χ1n) is 6.49. The van der Waals surface area contributed by atoms with Gasteiger partial charge in [-0.15, -0.1) is 0 Å². The molecule has 2 aromatic rings. The number of benzene rings is 2. The number of rotatable bonds is 3. The van der Waals surface area contributed by atoms with Gasteiger partial charge in [-0.2, -0.15) is 0 Å². The second-order valence-corrected chi connectivity index (χ2v) is 4.62. The molecule has 0 saturated carbocycles. The van der Waals surface area contributed by atoms with Gasteiger partial charge in [-0.3, -0.25) is 0 Å². The molecule has 0 fully saturated rings. The largest absolute Gasteiger partial charge is 0.497 e. The van der Waals surface area contributed by atoms with Crippen molar-refractivity contribution < 1.29 is 19.3 Å². The first-order chi connectivity index (χ1) is 9.80. The van der Waals surface area contributed by atoms with Crippen molar-refractivity contribution in [1.82, 2.24) is 0 Å². The summed E-state index contributed by atoms with van der Waals surface area (Å²) < 4.78 is 16.4. The fourth-order valence-electron chi connectivity index (χ4n) is 2.17.